The van der Waals surface area contributed by atoms with Crippen LogP contribution >= 0.6 is 0 Å². The third kappa shape index (κ3) is 3.95. The van der Waals surface area contributed by atoms with E-state index in [9.17, 15) is 13.7 Å². The van der Waals surface area contributed by atoms with E-state index in [1.165, 1.54) is 4.31 Å². The van der Waals surface area contributed by atoms with Gasteiger partial charge in [-0.05, 0) is 49.6 Å². The Balaban J connectivity index is 1.57. The molecule has 8 heteroatoms. The van der Waals surface area contributed by atoms with Crippen LogP contribution in [0, 0.1) is 11.3 Å². The van der Waals surface area contributed by atoms with Crippen molar-refractivity contribution in [3.05, 3.63) is 65.9 Å². The van der Waals surface area contributed by atoms with Crippen LogP contribution in [0.25, 0.3) is 11.5 Å². The molecule has 1 N–H and O–H groups in total. The molecule has 2 aromatic carbocycles. The first-order valence-electron chi connectivity index (χ1n) is 9.82. The summed E-state index contributed by atoms with van der Waals surface area (Å²) in [6.07, 6.45) is 1.78. The third-order valence-electron chi connectivity index (χ3n) is 5.18. The number of oxazole rings is 1. The lowest BCUT2D eigenvalue weighted by Crippen LogP contribution is -2.27. The van der Waals surface area contributed by atoms with Gasteiger partial charge in [0.05, 0.1) is 10.9 Å². The van der Waals surface area contributed by atoms with Crippen molar-refractivity contribution in [3.8, 4) is 17.5 Å². The lowest BCUT2D eigenvalue weighted by Gasteiger charge is -2.15. The van der Waals surface area contributed by atoms with Gasteiger partial charge in [-0.25, -0.2) is 8.42 Å². The average Bonchev–Trinajstić information content (AvgIpc) is 3.45. The van der Waals surface area contributed by atoms with Crippen molar-refractivity contribution in [2.24, 2.45) is 0 Å². The summed E-state index contributed by atoms with van der Waals surface area (Å²) in [5.74, 6) is 0.553. The van der Waals surface area contributed by atoms with Crippen LogP contribution in [0.3, 0.4) is 0 Å². The van der Waals surface area contributed by atoms with Crippen molar-refractivity contribution in [2.45, 2.75) is 30.7 Å². The summed E-state index contributed by atoms with van der Waals surface area (Å²) in [6.45, 7) is 3.09. The number of nitriles is 1. The van der Waals surface area contributed by atoms with Crippen molar-refractivity contribution >= 4 is 15.9 Å². The van der Waals surface area contributed by atoms with E-state index in [0.29, 0.717) is 18.7 Å². The summed E-state index contributed by atoms with van der Waals surface area (Å²) in [4.78, 5) is 4.51. The first kappa shape index (κ1) is 20.1. The molecule has 1 aliphatic rings. The second-order valence-electron chi connectivity index (χ2n) is 7.22. The fourth-order valence-electron chi connectivity index (χ4n) is 3.49. The summed E-state index contributed by atoms with van der Waals surface area (Å²) >= 11 is 0. The second-order valence-corrected chi connectivity index (χ2v) is 9.16. The average molecular weight is 423 g/mol. The molecule has 1 fully saturated rings. The van der Waals surface area contributed by atoms with Gasteiger partial charge in [-0.1, -0.05) is 30.3 Å². The molecular weight excluding hydrogens is 400 g/mol. The molecule has 1 aliphatic heterocycles. The van der Waals surface area contributed by atoms with Gasteiger partial charge in [0.1, 0.15) is 6.07 Å². The maximum Gasteiger partial charge on any atom is 0.243 e. The molecule has 1 aromatic heterocycles. The zero-order valence-corrected chi connectivity index (χ0v) is 17.4. The molecule has 2 heterocycles. The number of aromatic nitrogens is 1. The van der Waals surface area contributed by atoms with Crippen LogP contribution < -0.4 is 5.32 Å². The Bertz CT molecular complexity index is 1160. The lowest BCUT2D eigenvalue weighted by atomic mass is 10.1. The molecule has 3 aromatic rings. The molecule has 0 amide bonds. The highest BCUT2D eigenvalue weighted by Crippen LogP contribution is 2.29. The Morgan fingerprint density at radius 1 is 1.10 bits per heavy atom. The summed E-state index contributed by atoms with van der Waals surface area (Å²) in [6, 6.07) is 18.2. The van der Waals surface area contributed by atoms with E-state index in [-0.39, 0.29) is 28.4 Å². The van der Waals surface area contributed by atoms with Crippen LogP contribution in [-0.2, 0) is 10.0 Å². The Hall–Kier alpha value is -3.15. The van der Waals surface area contributed by atoms with Crippen molar-refractivity contribution in [2.75, 3.05) is 18.4 Å². The first-order chi connectivity index (χ1) is 14.5. The van der Waals surface area contributed by atoms with Crippen LogP contribution in [0.15, 0.2) is 63.9 Å². The van der Waals surface area contributed by atoms with Gasteiger partial charge in [0, 0.05) is 18.7 Å². The minimum absolute atomic E-state index is 0.0768. The topological polar surface area (TPSA) is 99.2 Å². The second kappa shape index (κ2) is 8.30. The van der Waals surface area contributed by atoms with Crippen LogP contribution in [-0.4, -0.2) is 30.8 Å². The molecule has 4 rings (SSSR count). The zero-order valence-electron chi connectivity index (χ0n) is 16.6. The minimum Gasteiger partial charge on any atom is -0.419 e. The normalized spacial score (nSPS) is 15.6. The fraction of sp³-hybridized carbons (Fsp3) is 0.273. The highest BCUT2D eigenvalue weighted by atomic mass is 32.2. The van der Waals surface area contributed by atoms with E-state index < -0.39 is 10.0 Å². The number of rotatable bonds is 6. The van der Waals surface area contributed by atoms with Gasteiger partial charge < -0.3 is 9.73 Å². The van der Waals surface area contributed by atoms with E-state index in [0.717, 1.165) is 18.4 Å². The van der Waals surface area contributed by atoms with Crippen LogP contribution in [0.5, 0.6) is 0 Å². The predicted octanol–water partition coefficient (Wildman–Crippen LogP) is 4.17. The summed E-state index contributed by atoms with van der Waals surface area (Å²) < 4.78 is 32.7. The van der Waals surface area contributed by atoms with Crippen molar-refractivity contribution < 1.29 is 12.8 Å². The molecule has 154 valence electrons. The van der Waals surface area contributed by atoms with Crippen LogP contribution in [0.1, 0.15) is 37.1 Å². The Morgan fingerprint density at radius 2 is 1.77 bits per heavy atom. The summed E-state index contributed by atoms with van der Waals surface area (Å²) in [7, 11) is -3.47. The monoisotopic (exact) mass is 422 g/mol. The first-order valence-corrected chi connectivity index (χ1v) is 11.3. The quantitative estimate of drug-likeness (QED) is 0.640. The van der Waals surface area contributed by atoms with E-state index in [4.69, 9.17) is 4.42 Å². The number of hydrogen-bond donors (Lipinski definition) is 1. The summed E-state index contributed by atoms with van der Waals surface area (Å²) in [5.41, 5.74) is 1.81. The SMILES string of the molecule is C[C@@H](Nc1oc(-c2ccc(S(=O)(=O)N3CCCC3)cc2)nc1C#N)c1ccccc1. The molecule has 30 heavy (non-hydrogen) atoms. The van der Waals surface area contributed by atoms with Gasteiger partial charge >= 0.3 is 0 Å². The lowest BCUT2D eigenvalue weighted by molar-refractivity contribution is 0.477. The van der Waals surface area contributed by atoms with Crippen LogP contribution in [0.2, 0.25) is 0 Å². The number of anilines is 1. The van der Waals surface area contributed by atoms with Gasteiger partial charge in [-0.15, -0.1) is 0 Å². The number of hydrogen-bond acceptors (Lipinski definition) is 6. The molecule has 0 spiro atoms. The number of nitrogens with one attached hydrogen (secondary N) is 1. The van der Waals surface area contributed by atoms with E-state index in [1.807, 2.05) is 43.3 Å². The van der Waals surface area contributed by atoms with Gasteiger partial charge in [0.15, 0.2) is 0 Å². The predicted molar refractivity (Wildman–Crippen MR) is 113 cm³/mol. The summed E-state index contributed by atoms with van der Waals surface area (Å²) in [5, 5.41) is 12.6. The van der Waals surface area contributed by atoms with Crippen molar-refractivity contribution in [3.63, 3.8) is 0 Å². The number of benzene rings is 2. The molecular formula is C22H22N4O3S. The van der Waals surface area contributed by atoms with Crippen molar-refractivity contribution in [1.82, 2.24) is 9.29 Å². The Labute approximate surface area is 176 Å². The standard InChI is InChI=1S/C22H22N4O3S/c1-16(17-7-3-2-4-8-17)24-22-20(15-23)25-21(29-22)18-9-11-19(12-10-18)30(27,28)26-13-5-6-14-26/h2-4,7-12,16,24H,5-6,13-14H2,1H3/t16-/m1/s1. The van der Waals surface area contributed by atoms with Gasteiger partial charge in [-0.3, -0.25) is 0 Å². The van der Waals surface area contributed by atoms with Gasteiger partial charge in [0.25, 0.3) is 0 Å². The van der Waals surface area contributed by atoms with Crippen LogP contribution in [0.4, 0.5) is 5.88 Å². The molecule has 0 unspecified atom stereocenters. The van der Waals surface area contributed by atoms with E-state index in [2.05, 4.69) is 10.3 Å². The number of nitrogens with zero attached hydrogens (tertiary/aromatic N) is 3. The highest BCUT2D eigenvalue weighted by molar-refractivity contribution is 7.89. The number of sulfonamides is 1. The fourth-order valence-corrected chi connectivity index (χ4v) is 5.00. The molecule has 1 atom stereocenters. The maximum atomic E-state index is 12.7. The van der Waals surface area contributed by atoms with Gasteiger partial charge in [0.2, 0.25) is 27.5 Å². The molecule has 0 aliphatic carbocycles. The highest BCUT2D eigenvalue weighted by Gasteiger charge is 2.27. The third-order valence-corrected chi connectivity index (χ3v) is 7.10. The molecule has 0 bridgehead atoms. The van der Waals surface area contributed by atoms with E-state index >= 15 is 0 Å². The zero-order chi connectivity index (χ0) is 21.1. The maximum absolute atomic E-state index is 12.7. The van der Waals surface area contributed by atoms with E-state index in [1.54, 1.807) is 24.3 Å². The Kier molecular flexibility index (Phi) is 5.57. The smallest absolute Gasteiger partial charge is 0.243 e. The molecule has 1 saturated heterocycles. The minimum atomic E-state index is -3.47. The molecule has 7 nitrogen and oxygen atoms in total. The largest absolute Gasteiger partial charge is 0.419 e. The van der Waals surface area contributed by atoms with Crippen molar-refractivity contribution in [1.29, 1.82) is 5.26 Å². The molecule has 0 radical (unpaired) electrons. The van der Waals surface area contributed by atoms with Gasteiger partial charge in [-0.2, -0.15) is 14.6 Å². The Morgan fingerprint density at radius 3 is 2.40 bits per heavy atom. The molecule has 0 saturated carbocycles.